The molecule has 3 aromatic carbocycles. The number of amides is 1. The molecule has 0 radical (unpaired) electrons. The number of hydrogen-bond acceptors (Lipinski definition) is 3. The van der Waals surface area contributed by atoms with Gasteiger partial charge >= 0.3 is 6.18 Å². The van der Waals surface area contributed by atoms with E-state index in [0.717, 1.165) is 45.3 Å². The zero-order chi connectivity index (χ0) is 22.7. The lowest BCUT2D eigenvalue weighted by molar-refractivity contribution is -0.137. The Labute approximate surface area is 182 Å². The fourth-order valence-corrected chi connectivity index (χ4v) is 3.53. The van der Waals surface area contributed by atoms with Gasteiger partial charge < -0.3 is 10.1 Å². The number of nitrogens with one attached hydrogen (secondary N) is 1. The maximum atomic E-state index is 12.7. The fourth-order valence-electron chi connectivity index (χ4n) is 3.53. The first-order chi connectivity index (χ1) is 15.4. The molecule has 0 spiro atoms. The molecule has 4 rings (SSSR count). The van der Waals surface area contributed by atoms with Gasteiger partial charge in [-0.1, -0.05) is 24.3 Å². The topological polar surface area (TPSA) is 51.2 Å². The molecular formula is C25H19F3N2O2. The standard InChI is InChI=1S/C25H19F3N2O2/c1-32-20-4-2-3-17(13-20)21-10-7-18(23-15-29-12-11-22(21)23)14-30-24(31)16-5-8-19(9-6-16)25(26,27)28/h2-13,15H,14H2,1H3,(H,30,31). The van der Waals surface area contributed by atoms with Crippen LogP contribution in [0.5, 0.6) is 5.75 Å². The molecule has 0 saturated heterocycles. The Hall–Kier alpha value is -3.87. The molecule has 0 fully saturated rings. The van der Waals surface area contributed by atoms with Crippen molar-refractivity contribution in [2.24, 2.45) is 0 Å². The number of alkyl halides is 3. The van der Waals surface area contributed by atoms with E-state index in [2.05, 4.69) is 10.3 Å². The highest BCUT2D eigenvalue weighted by molar-refractivity contribution is 5.99. The first kappa shape index (κ1) is 21.4. The smallest absolute Gasteiger partial charge is 0.416 e. The van der Waals surface area contributed by atoms with E-state index in [0.29, 0.717) is 0 Å². The summed E-state index contributed by atoms with van der Waals surface area (Å²) < 4.78 is 43.5. The molecule has 162 valence electrons. The van der Waals surface area contributed by atoms with Gasteiger partial charge in [0.15, 0.2) is 0 Å². The molecule has 4 aromatic rings. The third-order valence-corrected chi connectivity index (χ3v) is 5.20. The van der Waals surface area contributed by atoms with Gasteiger partial charge in [0.05, 0.1) is 12.7 Å². The number of benzene rings is 3. The Balaban J connectivity index is 1.58. The second kappa shape index (κ2) is 8.70. The van der Waals surface area contributed by atoms with Gasteiger partial charge in [-0.25, -0.2) is 0 Å². The normalized spacial score (nSPS) is 11.4. The minimum absolute atomic E-state index is 0.161. The molecule has 4 nitrogen and oxygen atoms in total. The fraction of sp³-hybridized carbons (Fsp3) is 0.120. The van der Waals surface area contributed by atoms with E-state index in [1.807, 2.05) is 42.5 Å². The molecule has 0 aliphatic carbocycles. The summed E-state index contributed by atoms with van der Waals surface area (Å²) in [5.74, 6) is 0.297. The van der Waals surface area contributed by atoms with Gasteiger partial charge in [0.25, 0.3) is 5.91 Å². The number of pyridine rings is 1. The summed E-state index contributed by atoms with van der Waals surface area (Å²) in [4.78, 5) is 16.7. The van der Waals surface area contributed by atoms with Crippen LogP contribution in [-0.4, -0.2) is 18.0 Å². The largest absolute Gasteiger partial charge is 0.497 e. The molecule has 1 heterocycles. The molecular weight excluding hydrogens is 417 g/mol. The van der Waals surface area contributed by atoms with Crippen molar-refractivity contribution in [3.63, 3.8) is 0 Å². The molecule has 0 aliphatic rings. The SMILES string of the molecule is COc1cccc(-c2ccc(CNC(=O)c3ccc(C(F)(F)F)cc3)c3cnccc23)c1. The molecule has 0 saturated carbocycles. The Morgan fingerprint density at radius 1 is 1.00 bits per heavy atom. The van der Waals surface area contributed by atoms with E-state index in [-0.39, 0.29) is 12.1 Å². The van der Waals surface area contributed by atoms with Crippen molar-refractivity contribution in [3.8, 4) is 16.9 Å². The van der Waals surface area contributed by atoms with Crippen LogP contribution in [0.3, 0.4) is 0 Å². The molecule has 1 aromatic heterocycles. The molecule has 0 unspecified atom stereocenters. The molecule has 0 atom stereocenters. The molecule has 0 bridgehead atoms. The van der Waals surface area contributed by atoms with Crippen LogP contribution < -0.4 is 10.1 Å². The first-order valence-electron chi connectivity index (χ1n) is 9.82. The van der Waals surface area contributed by atoms with Crippen molar-refractivity contribution in [2.45, 2.75) is 12.7 Å². The molecule has 32 heavy (non-hydrogen) atoms. The zero-order valence-corrected chi connectivity index (χ0v) is 17.1. The van der Waals surface area contributed by atoms with Crippen molar-refractivity contribution >= 4 is 16.7 Å². The lowest BCUT2D eigenvalue weighted by atomic mass is 9.96. The van der Waals surface area contributed by atoms with E-state index < -0.39 is 17.6 Å². The van der Waals surface area contributed by atoms with Gasteiger partial charge in [0.2, 0.25) is 0 Å². The van der Waals surface area contributed by atoms with Gasteiger partial charge in [-0.2, -0.15) is 13.2 Å². The number of ether oxygens (including phenoxy) is 1. The molecule has 7 heteroatoms. The van der Waals surface area contributed by atoms with Crippen molar-refractivity contribution in [2.75, 3.05) is 7.11 Å². The average Bonchev–Trinajstić information content (AvgIpc) is 2.81. The highest BCUT2D eigenvalue weighted by atomic mass is 19.4. The third-order valence-electron chi connectivity index (χ3n) is 5.20. The van der Waals surface area contributed by atoms with Crippen LogP contribution in [0.15, 0.2) is 79.1 Å². The van der Waals surface area contributed by atoms with Crippen molar-refractivity contribution in [3.05, 3.63) is 95.8 Å². The molecule has 1 amide bonds. The van der Waals surface area contributed by atoms with Crippen LogP contribution in [0.25, 0.3) is 21.9 Å². The van der Waals surface area contributed by atoms with Crippen molar-refractivity contribution in [1.29, 1.82) is 0 Å². The minimum atomic E-state index is -4.44. The summed E-state index contributed by atoms with van der Waals surface area (Å²) in [6.45, 7) is 0.209. The van der Waals surface area contributed by atoms with Crippen molar-refractivity contribution < 1.29 is 22.7 Å². The Morgan fingerprint density at radius 3 is 2.50 bits per heavy atom. The number of carbonyl (C=O) groups is 1. The monoisotopic (exact) mass is 436 g/mol. The first-order valence-corrected chi connectivity index (χ1v) is 9.82. The Morgan fingerprint density at radius 2 is 1.78 bits per heavy atom. The van der Waals surface area contributed by atoms with Crippen LogP contribution in [0.1, 0.15) is 21.5 Å². The maximum absolute atomic E-state index is 12.7. The van der Waals surface area contributed by atoms with E-state index in [1.54, 1.807) is 19.5 Å². The third kappa shape index (κ3) is 4.42. The summed E-state index contributed by atoms with van der Waals surface area (Å²) >= 11 is 0. The summed E-state index contributed by atoms with van der Waals surface area (Å²) in [7, 11) is 1.61. The van der Waals surface area contributed by atoms with Crippen LogP contribution in [0.2, 0.25) is 0 Å². The Kier molecular flexibility index (Phi) is 5.81. The van der Waals surface area contributed by atoms with Crippen LogP contribution >= 0.6 is 0 Å². The van der Waals surface area contributed by atoms with E-state index in [1.165, 1.54) is 12.1 Å². The van der Waals surface area contributed by atoms with E-state index in [4.69, 9.17) is 4.74 Å². The molecule has 1 N–H and O–H groups in total. The highest BCUT2D eigenvalue weighted by Crippen LogP contribution is 2.32. The number of halogens is 3. The summed E-state index contributed by atoms with van der Waals surface area (Å²) in [6.07, 6.45) is -0.999. The number of aromatic nitrogens is 1. The highest BCUT2D eigenvalue weighted by Gasteiger charge is 2.30. The lowest BCUT2D eigenvalue weighted by Gasteiger charge is -2.13. The predicted octanol–water partition coefficient (Wildman–Crippen LogP) is 5.86. The average molecular weight is 436 g/mol. The van der Waals surface area contributed by atoms with Crippen LogP contribution in [0.4, 0.5) is 13.2 Å². The minimum Gasteiger partial charge on any atom is -0.497 e. The second-order valence-corrected chi connectivity index (χ2v) is 7.18. The number of carbonyl (C=O) groups excluding carboxylic acids is 1. The molecule has 0 aliphatic heterocycles. The van der Waals surface area contributed by atoms with Crippen molar-refractivity contribution in [1.82, 2.24) is 10.3 Å². The number of rotatable bonds is 5. The Bertz CT molecular complexity index is 1270. The lowest BCUT2D eigenvalue weighted by Crippen LogP contribution is -2.23. The van der Waals surface area contributed by atoms with E-state index >= 15 is 0 Å². The predicted molar refractivity (Wildman–Crippen MR) is 116 cm³/mol. The summed E-state index contributed by atoms with van der Waals surface area (Å²) in [5.41, 5.74) is 2.20. The number of fused-ring (bicyclic) bond motifs is 1. The zero-order valence-electron chi connectivity index (χ0n) is 17.1. The number of nitrogens with zero attached hydrogens (tertiary/aromatic N) is 1. The van der Waals surface area contributed by atoms with E-state index in [9.17, 15) is 18.0 Å². The van der Waals surface area contributed by atoms with Gasteiger partial charge in [-0.3, -0.25) is 9.78 Å². The van der Waals surface area contributed by atoms with Gasteiger partial charge in [-0.15, -0.1) is 0 Å². The quantitative estimate of drug-likeness (QED) is 0.426. The van der Waals surface area contributed by atoms with Gasteiger partial charge in [-0.05, 0) is 64.5 Å². The van der Waals surface area contributed by atoms with Gasteiger partial charge in [0, 0.05) is 29.9 Å². The van der Waals surface area contributed by atoms with Crippen LogP contribution in [0, 0.1) is 0 Å². The second-order valence-electron chi connectivity index (χ2n) is 7.18. The number of methoxy groups -OCH3 is 1. The maximum Gasteiger partial charge on any atom is 0.416 e. The van der Waals surface area contributed by atoms with Crippen LogP contribution in [-0.2, 0) is 12.7 Å². The van der Waals surface area contributed by atoms with Gasteiger partial charge in [0.1, 0.15) is 5.75 Å². The summed E-state index contributed by atoms with van der Waals surface area (Å²) in [5, 5.41) is 4.62. The summed E-state index contributed by atoms with van der Waals surface area (Å²) in [6, 6.07) is 17.7. The number of hydrogen-bond donors (Lipinski definition) is 1.